The predicted octanol–water partition coefficient (Wildman–Crippen LogP) is 0.101. The molecule has 1 fully saturated rings. The van der Waals surface area contributed by atoms with Gasteiger partial charge in [-0.3, -0.25) is 14.5 Å². The maximum absolute atomic E-state index is 12.1. The number of rotatable bonds is 3. The molecule has 0 saturated carbocycles. The monoisotopic (exact) mass is 264 g/mol. The molecular formula is C13H16N2O4. The van der Waals surface area contributed by atoms with E-state index in [1.54, 1.807) is 11.8 Å². The van der Waals surface area contributed by atoms with Gasteiger partial charge in [0.15, 0.2) is 5.78 Å². The Morgan fingerprint density at radius 1 is 1.47 bits per heavy atom. The maximum Gasteiger partial charge on any atom is 0.237 e. The summed E-state index contributed by atoms with van der Waals surface area (Å²) >= 11 is 0. The summed E-state index contributed by atoms with van der Waals surface area (Å²) in [5.41, 5.74) is 0.149. The zero-order valence-corrected chi connectivity index (χ0v) is 10.6. The van der Waals surface area contributed by atoms with Gasteiger partial charge in [-0.25, -0.2) is 0 Å². The summed E-state index contributed by atoms with van der Waals surface area (Å²) in [6, 6.07) is 3.48. The van der Waals surface area contributed by atoms with Gasteiger partial charge in [-0.2, -0.15) is 0 Å². The number of ketones is 1. The first kappa shape index (κ1) is 13.4. The average molecular weight is 264 g/mol. The number of carbonyl (C=O) groups is 2. The molecule has 1 aromatic carbocycles. The van der Waals surface area contributed by atoms with Crippen molar-refractivity contribution in [1.82, 2.24) is 10.2 Å². The van der Waals surface area contributed by atoms with Gasteiger partial charge in [-0.15, -0.1) is 0 Å². The molecule has 0 aromatic heterocycles. The number of phenols is 2. The topological polar surface area (TPSA) is 89.9 Å². The zero-order chi connectivity index (χ0) is 14.0. The van der Waals surface area contributed by atoms with Crippen molar-refractivity contribution in [3.05, 3.63) is 23.8 Å². The van der Waals surface area contributed by atoms with Crippen LogP contribution in [0.2, 0.25) is 0 Å². The lowest BCUT2D eigenvalue weighted by atomic mass is 10.1. The highest BCUT2D eigenvalue weighted by atomic mass is 16.3. The second-order valence-corrected chi connectivity index (χ2v) is 4.56. The fraction of sp³-hybridized carbons (Fsp3) is 0.385. The van der Waals surface area contributed by atoms with Crippen molar-refractivity contribution in [1.29, 1.82) is 0 Å². The van der Waals surface area contributed by atoms with Crippen molar-refractivity contribution >= 4 is 11.7 Å². The number of hydrogen-bond donors (Lipinski definition) is 3. The summed E-state index contributed by atoms with van der Waals surface area (Å²) < 4.78 is 0. The normalized spacial score (nSPS) is 20.1. The molecule has 1 unspecified atom stereocenters. The van der Waals surface area contributed by atoms with Crippen LogP contribution in [0.3, 0.4) is 0 Å². The van der Waals surface area contributed by atoms with Gasteiger partial charge >= 0.3 is 0 Å². The van der Waals surface area contributed by atoms with Crippen molar-refractivity contribution in [3.63, 3.8) is 0 Å². The van der Waals surface area contributed by atoms with Crippen LogP contribution in [0.1, 0.15) is 17.3 Å². The van der Waals surface area contributed by atoms with Crippen molar-refractivity contribution in [2.24, 2.45) is 0 Å². The molecule has 6 nitrogen and oxygen atoms in total. The number of aromatic hydroxyl groups is 2. The third kappa shape index (κ3) is 2.85. The van der Waals surface area contributed by atoms with E-state index in [2.05, 4.69) is 5.32 Å². The molecule has 6 heteroatoms. The number of amides is 1. The second kappa shape index (κ2) is 5.27. The summed E-state index contributed by atoms with van der Waals surface area (Å²) in [5.74, 6) is -0.730. The fourth-order valence-electron chi connectivity index (χ4n) is 2.07. The number of Topliss-reactive ketones (excluding diaryl/α,β-unsaturated/α-hetero) is 1. The number of carbonyl (C=O) groups excluding carboxylic acids is 2. The molecule has 0 radical (unpaired) electrons. The first-order valence-electron chi connectivity index (χ1n) is 6.06. The van der Waals surface area contributed by atoms with E-state index in [0.717, 1.165) is 6.07 Å². The standard InChI is InChI=1S/C13H16N2O4/c1-8-13(19)14-4-5-15(8)7-12(18)10-3-2-9(16)6-11(10)17/h2-3,6,8,16-17H,4-5,7H2,1H3,(H,14,19). The van der Waals surface area contributed by atoms with Gasteiger partial charge in [0.25, 0.3) is 0 Å². The molecule has 1 amide bonds. The minimum absolute atomic E-state index is 0.0624. The quantitative estimate of drug-likeness (QED) is 0.674. The Morgan fingerprint density at radius 2 is 2.21 bits per heavy atom. The van der Waals surface area contributed by atoms with Crippen molar-refractivity contribution < 1.29 is 19.8 Å². The van der Waals surface area contributed by atoms with E-state index in [-0.39, 0.29) is 41.3 Å². The fourth-order valence-corrected chi connectivity index (χ4v) is 2.07. The Kier molecular flexibility index (Phi) is 3.71. The summed E-state index contributed by atoms with van der Waals surface area (Å²) in [4.78, 5) is 25.3. The van der Waals surface area contributed by atoms with Gasteiger partial charge in [-0.05, 0) is 19.1 Å². The Labute approximate surface area is 110 Å². The number of piperazine rings is 1. The average Bonchev–Trinajstić information content (AvgIpc) is 2.34. The second-order valence-electron chi connectivity index (χ2n) is 4.56. The van der Waals surface area contributed by atoms with E-state index in [0.29, 0.717) is 13.1 Å². The molecule has 1 aliphatic rings. The molecule has 19 heavy (non-hydrogen) atoms. The van der Waals surface area contributed by atoms with Crippen LogP contribution in [0.25, 0.3) is 0 Å². The third-order valence-electron chi connectivity index (χ3n) is 3.25. The van der Waals surface area contributed by atoms with Gasteiger partial charge < -0.3 is 15.5 Å². The first-order chi connectivity index (χ1) is 8.99. The van der Waals surface area contributed by atoms with Crippen LogP contribution in [0, 0.1) is 0 Å². The van der Waals surface area contributed by atoms with Gasteiger partial charge in [0.2, 0.25) is 5.91 Å². The number of benzene rings is 1. The number of nitrogens with one attached hydrogen (secondary N) is 1. The lowest BCUT2D eigenvalue weighted by molar-refractivity contribution is -0.127. The van der Waals surface area contributed by atoms with Crippen LogP contribution >= 0.6 is 0 Å². The van der Waals surface area contributed by atoms with E-state index in [9.17, 15) is 19.8 Å². The highest BCUT2D eigenvalue weighted by molar-refractivity contribution is 6.00. The predicted molar refractivity (Wildman–Crippen MR) is 68.1 cm³/mol. The number of phenolic OH excluding ortho intramolecular Hbond substituents is 2. The Bertz CT molecular complexity index is 515. The van der Waals surface area contributed by atoms with Gasteiger partial charge in [-0.1, -0.05) is 0 Å². The molecule has 1 heterocycles. The zero-order valence-electron chi connectivity index (χ0n) is 10.6. The largest absolute Gasteiger partial charge is 0.508 e. The minimum Gasteiger partial charge on any atom is -0.508 e. The summed E-state index contributed by atoms with van der Waals surface area (Å²) in [6.07, 6.45) is 0. The summed E-state index contributed by atoms with van der Waals surface area (Å²) in [6.45, 7) is 2.90. The lowest BCUT2D eigenvalue weighted by Crippen LogP contribution is -2.55. The molecule has 102 valence electrons. The van der Waals surface area contributed by atoms with Crippen molar-refractivity contribution in [2.45, 2.75) is 13.0 Å². The van der Waals surface area contributed by atoms with E-state index < -0.39 is 0 Å². The number of hydrogen-bond acceptors (Lipinski definition) is 5. The molecule has 1 aliphatic heterocycles. The van der Waals surface area contributed by atoms with E-state index in [4.69, 9.17) is 0 Å². The maximum atomic E-state index is 12.1. The Hall–Kier alpha value is -2.08. The van der Waals surface area contributed by atoms with Crippen LogP contribution in [-0.4, -0.2) is 52.5 Å². The van der Waals surface area contributed by atoms with Crippen LogP contribution in [-0.2, 0) is 4.79 Å². The SMILES string of the molecule is CC1C(=O)NCCN1CC(=O)c1ccc(O)cc1O. The van der Waals surface area contributed by atoms with E-state index in [1.165, 1.54) is 12.1 Å². The molecule has 2 rings (SSSR count). The van der Waals surface area contributed by atoms with Crippen molar-refractivity contribution in [2.75, 3.05) is 19.6 Å². The highest BCUT2D eigenvalue weighted by Crippen LogP contribution is 2.23. The van der Waals surface area contributed by atoms with Crippen molar-refractivity contribution in [3.8, 4) is 11.5 Å². The van der Waals surface area contributed by atoms with Crippen LogP contribution in [0.4, 0.5) is 0 Å². The minimum atomic E-state index is -0.364. The molecule has 0 aliphatic carbocycles. The smallest absolute Gasteiger partial charge is 0.237 e. The summed E-state index contributed by atoms with van der Waals surface area (Å²) in [7, 11) is 0. The summed E-state index contributed by atoms with van der Waals surface area (Å²) in [5, 5.41) is 21.5. The van der Waals surface area contributed by atoms with Gasteiger partial charge in [0.05, 0.1) is 18.2 Å². The Morgan fingerprint density at radius 3 is 2.89 bits per heavy atom. The van der Waals surface area contributed by atoms with E-state index in [1.807, 2.05) is 0 Å². The molecule has 0 bridgehead atoms. The van der Waals surface area contributed by atoms with Gasteiger partial charge in [0, 0.05) is 19.2 Å². The van der Waals surface area contributed by atoms with Crippen LogP contribution in [0.5, 0.6) is 11.5 Å². The molecule has 1 saturated heterocycles. The Balaban J connectivity index is 2.10. The van der Waals surface area contributed by atoms with Crippen LogP contribution < -0.4 is 5.32 Å². The van der Waals surface area contributed by atoms with Gasteiger partial charge in [0.1, 0.15) is 11.5 Å². The molecule has 1 atom stereocenters. The van der Waals surface area contributed by atoms with Crippen LogP contribution in [0.15, 0.2) is 18.2 Å². The highest BCUT2D eigenvalue weighted by Gasteiger charge is 2.27. The van der Waals surface area contributed by atoms with E-state index >= 15 is 0 Å². The first-order valence-corrected chi connectivity index (χ1v) is 6.06. The molecule has 3 N–H and O–H groups in total. The number of nitrogens with zero attached hydrogens (tertiary/aromatic N) is 1. The molecular weight excluding hydrogens is 248 g/mol. The lowest BCUT2D eigenvalue weighted by Gasteiger charge is -2.32. The third-order valence-corrected chi connectivity index (χ3v) is 3.25. The molecule has 0 spiro atoms. The molecule has 1 aromatic rings.